The molecule has 112 valence electrons. The lowest BCUT2D eigenvalue weighted by Crippen LogP contribution is -2.33. The maximum atomic E-state index is 12.1. The van der Waals surface area contributed by atoms with Gasteiger partial charge in [-0.2, -0.15) is 0 Å². The molecule has 1 unspecified atom stereocenters. The maximum absolute atomic E-state index is 12.1. The van der Waals surface area contributed by atoms with E-state index in [4.69, 9.17) is 14.2 Å². The number of fused-ring (bicyclic) bond motifs is 2. The highest BCUT2D eigenvalue weighted by Crippen LogP contribution is 2.40. The van der Waals surface area contributed by atoms with Gasteiger partial charge in [-0.05, 0) is 18.9 Å². The lowest BCUT2D eigenvalue weighted by molar-refractivity contribution is -0.130. The van der Waals surface area contributed by atoms with Crippen molar-refractivity contribution in [2.24, 2.45) is 0 Å². The van der Waals surface area contributed by atoms with Crippen molar-refractivity contribution >= 4 is 5.91 Å². The Morgan fingerprint density at radius 2 is 2.14 bits per heavy atom. The molecule has 0 spiro atoms. The van der Waals surface area contributed by atoms with Crippen LogP contribution in [0.15, 0.2) is 6.07 Å². The van der Waals surface area contributed by atoms with E-state index in [9.17, 15) is 4.79 Å². The van der Waals surface area contributed by atoms with Gasteiger partial charge in [-0.3, -0.25) is 4.79 Å². The summed E-state index contributed by atoms with van der Waals surface area (Å²) in [5.74, 6) is 1.89. The zero-order valence-electron chi connectivity index (χ0n) is 11.9. The monoisotopic (exact) mass is 289 g/mol. The standard InChI is InChI=1S/C16H19NO4/c18-16(13-2-1-5-19-13)17-9-12-11-4-7-20-14(11)8-10-3-6-21-15(10)12/h8,13H,1-7,9H2,(H,17,18). The Labute approximate surface area is 123 Å². The van der Waals surface area contributed by atoms with Crippen LogP contribution in [0.5, 0.6) is 11.5 Å². The van der Waals surface area contributed by atoms with Crippen molar-refractivity contribution in [3.8, 4) is 11.5 Å². The molecule has 1 amide bonds. The number of hydrogen-bond donors (Lipinski definition) is 1. The number of hydrogen-bond acceptors (Lipinski definition) is 4. The van der Waals surface area contributed by atoms with Crippen LogP contribution in [0, 0.1) is 0 Å². The van der Waals surface area contributed by atoms with Crippen LogP contribution in [0.1, 0.15) is 29.5 Å². The zero-order valence-corrected chi connectivity index (χ0v) is 11.9. The third kappa shape index (κ3) is 2.25. The molecule has 1 saturated heterocycles. The van der Waals surface area contributed by atoms with Crippen molar-refractivity contribution in [2.75, 3.05) is 19.8 Å². The topological polar surface area (TPSA) is 56.8 Å². The van der Waals surface area contributed by atoms with Gasteiger partial charge in [0.2, 0.25) is 5.91 Å². The Balaban J connectivity index is 1.56. The average molecular weight is 289 g/mol. The number of amides is 1. The minimum atomic E-state index is -0.285. The second kappa shape index (κ2) is 5.22. The summed E-state index contributed by atoms with van der Waals surface area (Å²) in [5, 5.41) is 3.00. The van der Waals surface area contributed by atoms with E-state index in [1.807, 2.05) is 0 Å². The molecular formula is C16H19NO4. The molecule has 0 aromatic heterocycles. The minimum Gasteiger partial charge on any atom is -0.493 e. The molecule has 0 aliphatic carbocycles. The first-order valence-corrected chi connectivity index (χ1v) is 7.65. The van der Waals surface area contributed by atoms with E-state index in [1.54, 1.807) is 0 Å². The summed E-state index contributed by atoms with van der Waals surface area (Å²) >= 11 is 0. The number of carbonyl (C=O) groups is 1. The van der Waals surface area contributed by atoms with E-state index in [0.717, 1.165) is 42.7 Å². The van der Waals surface area contributed by atoms with Crippen molar-refractivity contribution in [2.45, 2.75) is 38.3 Å². The largest absolute Gasteiger partial charge is 0.493 e. The molecule has 21 heavy (non-hydrogen) atoms. The fraction of sp³-hybridized carbons (Fsp3) is 0.562. The van der Waals surface area contributed by atoms with Gasteiger partial charge < -0.3 is 19.5 Å². The third-order valence-corrected chi connectivity index (χ3v) is 4.42. The van der Waals surface area contributed by atoms with Gasteiger partial charge in [-0.25, -0.2) is 0 Å². The van der Waals surface area contributed by atoms with Crippen molar-refractivity contribution in [1.82, 2.24) is 5.32 Å². The number of rotatable bonds is 3. The molecule has 1 aromatic rings. The van der Waals surface area contributed by atoms with Crippen molar-refractivity contribution in [3.05, 3.63) is 22.8 Å². The van der Waals surface area contributed by atoms with Crippen LogP contribution in [0.2, 0.25) is 0 Å². The molecular weight excluding hydrogens is 270 g/mol. The van der Waals surface area contributed by atoms with Crippen LogP contribution in [-0.4, -0.2) is 31.8 Å². The first-order valence-electron chi connectivity index (χ1n) is 7.65. The lowest BCUT2D eigenvalue weighted by atomic mass is 9.99. The van der Waals surface area contributed by atoms with E-state index < -0.39 is 0 Å². The summed E-state index contributed by atoms with van der Waals surface area (Å²) in [6.07, 6.45) is 3.30. The van der Waals surface area contributed by atoms with Gasteiger partial charge in [-0.15, -0.1) is 0 Å². The molecule has 1 fully saturated rings. The molecule has 1 atom stereocenters. The van der Waals surface area contributed by atoms with Gasteiger partial charge in [0.25, 0.3) is 0 Å². The summed E-state index contributed by atoms with van der Waals surface area (Å²) in [5.41, 5.74) is 3.46. The molecule has 3 aliphatic heterocycles. The molecule has 5 nitrogen and oxygen atoms in total. The number of ether oxygens (including phenoxy) is 3. The van der Waals surface area contributed by atoms with E-state index in [1.165, 1.54) is 11.1 Å². The Kier molecular flexibility index (Phi) is 3.22. The Bertz CT molecular complexity index is 546. The zero-order chi connectivity index (χ0) is 14.2. The van der Waals surface area contributed by atoms with Gasteiger partial charge in [0.05, 0.1) is 13.2 Å². The fourth-order valence-electron chi connectivity index (χ4n) is 3.35. The summed E-state index contributed by atoms with van der Waals surface area (Å²) < 4.78 is 16.9. The van der Waals surface area contributed by atoms with E-state index in [0.29, 0.717) is 26.4 Å². The Hall–Kier alpha value is -1.75. The predicted molar refractivity (Wildman–Crippen MR) is 75.7 cm³/mol. The second-order valence-corrected chi connectivity index (χ2v) is 5.74. The highest BCUT2D eigenvalue weighted by atomic mass is 16.5. The van der Waals surface area contributed by atoms with Gasteiger partial charge in [0.15, 0.2) is 0 Å². The van der Waals surface area contributed by atoms with Gasteiger partial charge in [-0.1, -0.05) is 0 Å². The van der Waals surface area contributed by atoms with Crippen LogP contribution in [0.3, 0.4) is 0 Å². The fourth-order valence-corrected chi connectivity index (χ4v) is 3.35. The second-order valence-electron chi connectivity index (χ2n) is 5.74. The summed E-state index contributed by atoms with van der Waals surface area (Å²) in [6.45, 7) is 2.61. The number of benzene rings is 1. The van der Waals surface area contributed by atoms with Gasteiger partial charge in [0.1, 0.15) is 17.6 Å². The first-order chi connectivity index (χ1) is 10.3. The molecule has 1 N–H and O–H groups in total. The van der Waals surface area contributed by atoms with Crippen LogP contribution in [0.4, 0.5) is 0 Å². The predicted octanol–water partition coefficient (Wildman–Crippen LogP) is 1.35. The SMILES string of the molecule is O=C(NCc1c2c(cc3c1OCC3)OCC2)C1CCCO1. The van der Waals surface area contributed by atoms with Crippen molar-refractivity contribution < 1.29 is 19.0 Å². The molecule has 0 radical (unpaired) electrons. The van der Waals surface area contributed by atoms with Crippen molar-refractivity contribution in [1.29, 1.82) is 0 Å². The molecule has 3 heterocycles. The minimum absolute atomic E-state index is 0.0178. The van der Waals surface area contributed by atoms with Gasteiger partial charge in [0, 0.05) is 42.7 Å². The number of nitrogens with one attached hydrogen (secondary N) is 1. The molecule has 0 bridgehead atoms. The van der Waals surface area contributed by atoms with Crippen LogP contribution < -0.4 is 14.8 Å². The first kappa shape index (κ1) is 13.0. The normalized spacial score (nSPS) is 22.4. The van der Waals surface area contributed by atoms with E-state index in [2.05, 4.69) is 11.4 Å². The molecule has 1 aromatic carbocycles. The number of carbonyl (C=O) groups excluding carboxylic acids is 1. The summed E-state index contributed by atoms with van der Waals surface area (Å²) in [6, 6.07) is 2.09. The maximum Gasteiger partial charge on any atom is 0.249 e. The smallest absolute Gasteiger partial charge is 0.249 e. The van der Waals surface area contributed by atoms with E-state index >= 15 is 0 Å². The van der Waals surface area contributed by atoms with Crippen LogP contribution >= 0.6 is 0 Å². The molecule has 3 aliphatic rings. The average Bonchev–Trinajstić information content (AvgIpc) is 3.21. The Morgan fingerprint density at radius 1 is 1.24 bits per heavy atom. The van der Waals surface area contributed by atoms with Gasteiger partial charge >= 0.3 is 0 Å². The highest BCUT2D eigenvalue weighted by molar-refractivity contribution is 5.81. The summed E-state index contributed by atoms with van der Waals surface area (Å²) in [7, 11) is 0. The third-order valence-electron chi connectivity index (χ3n) is 4.42. The molecule has 0 saturated carbocycles. The van der Waals surface area contributed by atoms with Crippen molar-refractivity contribution in [3.63, 3.8) is 0 Å². The van der Waals surface area contributed by atoms with Crippen LogP contribution in [0.25, 0.3) is 0 Å². The lowest BCUT2D eigenvalue weighted by Gasteiger charge is -2.15. The molecule has 4 rings (SSSR count). The van der Waals surface area contributed by atoms with E-state index in [-0.39, 0.29) is 12.0 Å². The highest BCUT2D eigenvalue weighted by Gasteiger charge is 2.28. The Morgan fingerprint density at radius 3 is 3.00 bits per heavy atom. The van der Waals surface area contributed by atoms with Crippen LogP contribution in [-0.2, 0) is 28.9 Å². The summed E-state index contributed by atoms with van der Waals surface area (Å²) in [4.78, 5) is 12.1. The molecule has 5 heteroatoms. The quantitative estimate of drug-likeness (QED) is 0.912.